The molecule has 0 amide bonds. The standard InChI is InChI=1S/C18H18N4O2.C11H14N2O2/c1-3-24-18(23)11-15(13-6-8-19-9-7-13)21-14-4-5-17-16(10-14)20-12-22(17)2;1-3-15-11(14)8-10(12-2)9-4-6-13-7-5-9/h4-12,21H,3H2,1-2H3;4-8,12H,3H2,1-2H3/b15-11+;10-8+. The molecule has 0 atom stereocenters. The summed E-state index contributed by atoms with van der Waals surface area (Å²) in [5.41, 5.74) is 5.88. The van der Waals surface area contributed by atoms with Crippen LogP contribution in [0.5, 0.6) is 0 Å². The molecule has 39 heavy (non-hydrogen) atoms. The van der Waals surface area contributed by atoms with Crippen molar-refractivity contribution >= 4 is 40.1 Å². The maximum Gasteiger partial charge on any atom is 0.332 e. The Kier molecular flexibility index (Phi) is 10.8. The zero-order valence-corrected chi connectivity index (χ0v) is 22.4. The number of hydrogen-bond acceptors (Lipinski definition) is 9. The van der Waals surface area contributed by atoms with Crippen LogP contribution in [0.4, 0.5) is 5.69 Å². The van der Waals surface area contributed by atoms with Crippen molar-refractivity contribution < 1.29 is 19.1 Å². The molecule has 0 spiro atoms. The van der Waals surface area contributed by atoms with Crippen molar-refractivity contribution in [2.75, 3.05) is 25.6 Å². The highest BCUT2D eigenvalue weighted by Crippen LogP contribution is 2.22. The number of hydrogen-bond donors (Lipinski definition) is 2. The summed E-state index contributed by atoms with van der Waals surface area (Å²) in [6.45, 7) is 4.26. The number of imidazole rings is 1. The molecular formula is C29H32N6O4. The minimum Gasteiger partial charge on any atom is -0.463 e. The van der Waals surface area contributed by atoms with Crippen LogP contribution in [0, 0.1) is 0 Å². The lowest BCUT2D eigenvalue weighted by Gasteiger charge is -2.11. The molecule has 0 aliphatic rings. The van der Waals surface area contributed by atoms with Crippen molar-refractivity contribution in [2.24, 2.45) is 7.05 Å². The van der Waals surface area contributed by atoms with E-state index in [2.05, 4.69) is 25.6 Å². The third-order valence-electron chi connectivity index (χ3n) is 5.35. The Hall–Kier alpha value is -4.99. The van der Waals surface area contributed by atoms with Gasteiger partial charge in [-0.05, 0) is 56.3 Å². The molecule has 0 saturated carbocycles. The van der Waals surface area contributed by atoms with E-state index in [1.54, 1.807) is 52.0 Å². The Balaban J connectivity index is 0.000000242. The summed E-state index contributed by atoms with van der Waals surface area (Å²) in [4.78, 5) is 35.4. The van der Waals surface area contributed by atoms with Gasteiger partial charge < -0.3 is 24.7 Å². The summed E-state index contributed by atoms with van der Waals surface area (Å²) in [5.74, 6) is -0.741. The number of carbonyl (C=O) groups excluding carboxylic acids is 2. The molecule has 3 heterocycles. The fourth-order valence-electron chi connectivity index (χ4n) is 3.53. The Morgan fingerprint density at radius 2 is 1.38 bits per heavy atom. The van der Waals surface area contributed by atoms with Gasteiger partial charge in [0.25, 0.3) is 0 Å². The second-order valence-electron chi connectivity index (χ2n) is 8.03. The van der Waals surface area contributed by atoms with E-state index >= 15 is 0 Å². The highest BCUT2D eigenvalue weighted by atomic mass is 16.5. The number of esters is 2. The number of ether oxygens (including phenoxy) is 2. The first kappa shape index (κ1) is 28.6. The number of rotatable bonds is 9. The first-order valence-electron chi connectivity index (χ1n) is 12.4. The third-order valence-corrected chi connectivity index (χ3v) is 5.35. The van der Waals surface area contributed by atoms with Gasteiger partial charge in [-0.25, -0.2) is 14.6 Å². The van der Waals surface area contributed by atoms with E-state index in [1.165, 1.54) is 12.2 Å². The number of nitrogens with one attached hydrogen (secondary N) is 2. The topological polar surface area (TPSA) is 120 Å². The van der Waals surface area contributed by atoms with Crippen molar-refractivity contribution in [2.45, 2.75) is 13.8 Å². The second-order valence-corrected chi connectivity index (χ2v) is 8.03. The third kappa shape index (κ3) is 8.53. The predicted molar refractivity (Wildman–Crippen MR) is 151 cm³/mol. The van der Waals surface area contributed by atoms with Crippen LogP contribution in [-0.2, 0) is 26.1 Å². The largest absolute Gasteiger partial charge is 0.463 e. The molecular weight excluding hydrogens is 496 g/mol. The van der Waals surface area contributed by atoms with Crippen LogP contribution in [0.1, 0.15) is 25.0 Å². The van der Waals surface area contributed by atoms with Gasteiger partial charge in [-0.15, -0.1) is 0 Å². The minimum atomic E-state index is -0.393. The molecule has 0 aliphatic carbocycles. The number of aryl methyl sites for hydroxylation is 1. The molecule has 4 aromatic rings. The van der Waals surface area contributed by atoms with Gasteiger partial charge in [0.05, 0.1) is 36.3 Å². The van der Waals surface area contributed by atoms with Crippen LogP contribution in [0.2, 0.25) is 0 Å². The molecule has 0 fully saturated rings. The van der Waals surface area contributed by atoms with Crippen LogP contribution in [0.15, 0.2) is 85.7 Å². The van der Waals surface area contributed by atoms with Gasteiger partial charge in [-0.2, -0.15) is 0 Å². The monoisotopic (exact) mass is 528 g/mol. The summed E-state index contributed by atoms with van der Waals surface area (Å²) in [5, 5.41) is 6.21. The smallest absolute Gasteiger partial charge is 0.332 e. The van der Waals surface area contributed by atoms with Gasteiger partial charge in [0.2, 0.25) is 0 Å². The molecule has 0 unspecified atom stereocenters. The number of aromatic nitrogens is 4. The Bertz CT molecular complexity index is 1430. The lowest BCUT2D eigenvalue weighted by Crippen LogP contribution is -2.09. The predicted octanol–water partition coefficient (Wildman–Crippen LogP) is 4.19. The minimum absolute atomic E-state index is 0.332. The summed E-state index contributed by atoms with van der Waals surface area (Å²) >= 11 is 0. The fraction of sp³-hybridized carbons (Fsp3) is 0.207. The van der Waals surface area contributed by atoms with Gasteiger partial charge in [0, 0.05) is 73.5 Å². The van der Waals surface area contributed by atoms with Crippen LogP contribution < -0.4 is 10.6 Å². The lowest BCUT2D eigenvalue weighted by molar-refractivity contribution is -0.138. The molecule has 202 valence electrons. The SMILES string of the molecule is CCOC(=O)/C=C(/NC)c1ccncc1.CCOC(=O)/C=C(/Nc1ccc2c(c1)ncn2C)c1ccncc1. The summed E-state index contributed by atoms with van der Waals surface area (Å²) in [6, 6.07) is 13.2. The number of fused-ring (bicyclic) bond motifs is 1. The Labute approximate surface area is 227 Å². The first-order chi connectivity index (χ1) is 18.9. The average Bonchev–Trinajstić information content (AvgIpc) is 3.32. The molecule has 4 rings (SSSR count). The van der Waals surface area contributed by atoms with Gasteiger partial charge in [0.1, 0.15) is 0 Å². The average molecular weight is 529 g/mol. The first-order valence-corrected chi connectivity index (χ1v) is 12.4. The van der Waals surface area contributed by atoms with E-state index in [0.717, 1.165) is 33.5 Å². The van der Waals surface area contributed by atoms with Crippen LogP contribution in [-0.4, -0.2) is 51.7 Å². The maximum absolute atomic E-state index is 11.9. The van der Waals surface area contributed by atoms with Gasteiger partial charge in [-0.3, -0.25) is 9.97 Å². The number of pyridine rings is 2. The lowest BCUT2D eigenvalue weighted by atomic mass is 10.1. The van der Waals surface area contributed by atoms with Crippen molar-refractivity contribution in [3.8, 4) is 0 Å². The summed E-state index contributed by atoms with van der Waals surface area (Å²) in [7, 11) is 3.71. The molecule has 10 nitrogen and oxygen atoms in total. The second kappa shape index (κ2) is 14.7. The Morgan fingerprint density at radius 3 is 1.92 bits per heavy atom. The molecule has 3 aromatic heterocycles. The van der Waals surface area contributed by atoms with E-state index < -0.39 is 5.97 Å². The number of benzene rings is 1. The molecule has 0 bridgehead atoms. The number of nitrogens with zero attached hydrogens (tertiary/aromatic N) is 4. The van der Waals surface area contributed by atoms with Crippen molar-refractivity contribution in [3.05, 3.63) is 96.9 Å². The fourth-order valence-corrected chi connectivity index (χ4v) is 3.53. The van der Waals surface area contributed by atoms with E-state index in [4.69, 9.17) is 9.47 Å². The van der Waals surface area contributed by atoms with E-state index in [9.17, 15) is 9.59 Å². The number of carbonyl (C=O) groups is 2. The van der Waals surface area contributed by atoms with Crippen LogP contribution in [0.25, 0.3) is 22.4 Å². The van der Waals surface area contributed by atoms with E-state index in [1.807, 2.05) is 54.1 Å². The van der Waals surface area contributed by atoms with Gasteiger partial charge >= 0.3 is 11.9 Å². The molecule has 0 radical (unpaired) electrons. The highest BCUT2D eigenvalue weighted by Gasteiger charge is 2.08. The molecule has 1 aromatic carbocycles. The van der Waals surface area contributed by atoms with Crippen molar-refractivity contribution in [3.63, 3.8) is 0 Å². The quantitative estimate of drug-likeness (QED) is 0.243. The van der Waals surface area contributed by atoms with E-state index in [-0.39, 0.29) is 5.97 Å². The highest BCUT2D eigenvalue weighted by molar-refractivity contribution is 5.95. The van der Waals surface area contributed by atoms with Gasteiger partial charge in [0.15, 0.2) is 0 Å². The van der Waals surface area contributed by atoms with Crippen molar-refractivity contribution in [1.29, 1.82) is 0 Å². The van der Waals surface area contributed by atoms with Crippen molar-refractivity contribution in [1.82, 2.24) is 24.8 Å². The normalized spacial score (nSPS) is 11.3. The number of anilines is 1. The Morgan fingerprint density at radius 1 is 0.846 bits per heavy atom. The van der Waals surface area contributed by atoms with Gasteiger partial charge in [-0.1, -0.05) is 0 Å². The maximum atomic E-state index is 11.9. The molecule has 10 heteroatoms. The summed E-state index contributed by atoms with van der Waals surface area (Å²) < 4.78 is 11.8. The molecule has 0 saturated heterocycles. The zero-order chi connectivity index (χ0) is 28.0. The van der Waals surface area contributed by atoms with Crippen LogP contribution in [0.3, 0.4) is 0 Å². The summed E-state index contributed by atoms with van der Waals surface area (Å²) in [6.07, 6.45) is 11.3. The van der Waals surface area contributed by atoms with E-state index in [0.29, 0.717) is 18.9 Å². The molecule has 2 N–H and O–H groups in total. The zero-order valence-electron chi connectivity index (χ0n) is 22.4. The molecule has 0 aliphatic heterocycles. The van der Waals surface area contributed by atoms with Crippen LogP contribution >= 0.6 is 0 Å².